The Morgan fingerprint density at radius 3 is 2.81 bits per heavy atom. The summed E-state index contributed by atoms with van der Waals surface area (Å²) in [6.45, 7) is 0.468. The lowest BCUT2D eigenvalue weighted by Gasteiger charge is -2.07. The monoisotopic (exact) mass is 333 g/mol. The summed E-state index contributed by atoms with van der Waals surface area (Å²) < 4.78 is 5.72. The largest absolute Gasteiger partial charge is 0.485 e. The van der Waals surface area contributed by atoms with E-state index in [0.29, 0.717) is 3.57 Å². The third kappa shape index (κ3) is 2.80. The maximum Gasteiger partial charge on any atom is 0.313 e. The van der Waals surface area contributed by atoms with E-state index < -0.39 is 4.92 Å². The van der Waals surface area contributed by atoms with Crippen LogP contribution in [0, 0.1) is 25.0 Å². The van der Waals surface area contributed by atoms with Crippen LogP contribution in [0.1, 0.15) is 5.56 Å². The molecular formula is C9H8IN3O3. The van der Waals surface area contributed by atoms with Crippen LogP contribution < -0.4 is 10.5 Å². The van der Waals surface area contributed by atoms with E-state index in [9.17, 15) is 10.1 Å². The topological polar surface area (TPSA) is 102 Å². The minimum atomic E-state index is -0.575. The van der Waals surface area contributed by atoms with E-state index in [1.54, 1.807) is 0 Å². The van der Waals surface area contributed by atoms with E-state index in [4.69, 9.17) is 15.7 Å². The van der Waals surface area contributed by atoms with Crippen molar-refractivity contribution in [1.29, 1.82) is 5.26 Å². The minimum Gasteiger partial charge on any atom is -0.485 e. The molecule has 0 fully saturated rings. The molecule has 16 heavy (non-hydrogen) atoms. The third-order valence-electron chi connectivity index (χ3n) is 1.71. The first-order chi connectivity index (χ1) is 7.60. The normalized spacial score (nSPS) is 9.56. The van der Waals surface area contributed by atoms with Crippen molar-refractivity contribution in [2.45, 2.75) is 0 Å². The van der Waals surface area contributed by atoms with Gasteiger partial charge in [0.15, 0.2) is 0 Å². The lowest BCUT2D eigenvalue weighted by molar-refractivity contribution is -0.386. The summed E-state index contributed by atoms with van der Waals surface area (Å²) in [6.07, 6.45) is 0. The highest BCUT2D eigenvalue weighted by Gasteiger charge is 2.20. The summed E-state index contributed by atoms with van der Waals surface area (Å²) in [5.41, 5.74) is 5.28. The van der Waals surface area contributed by atoms with Gasteiger partial charge in [-0.05, 0) is 28.7 Å². The van der Waals surface area contributed by atoms with Crippen LogP contribution in [0.5, 0.6) is 5.75 Å². The molecule has 84 valence electrons. The molecule has 1 rings (SSSR count). The molecule has 1 aromatic carbocycles. The van der Waals surface area contributed by atoms with Crippen LogP contribution in [0.25, 0.3) is 0 Å². The number of hydrogen-bond donors (Lipinski definition) is 1. The van der Waals surface area contributed by atoms with Crippen molar-refractivity contribution in [1.82, 2.24) is 0 Å². The highest BCUT2D eigenvalue weighted by molar-refractivity contribution is 14.1. The van der Waals surface area contributed by atoms with Crippen LogP contribution in [-0.4, -0.2) is 18.1 Å². The number of nitrogens with two attached hydrogens (primary N) is 1. The van der Waals surface area contributed by atoms with Gasteiger partial charge in [-0.2, -0.15) is 5.26 Å². The number of nitriles is 1. The molecule has 0 saturated heterocycles. The fourth-order valence-electron chi connectivity index (χ4n) is 1.08. The summed E-state index contributed by atoms with van der Waals surface area (Å²) in [6, 6.07) is 4.57. The Bertz CT molecular complexity index is 456. The Hall–Kier alpha value is -1.40. The summed E-state index contributed by atoms with van der Waals surface area (Å²) in [4.78, 5) is 10.2. The Labute approximate surface area is 105 Å². The van der Waals surface area contributed by atoms with Crippen LogP contribution in [0.4, 0.5) is 5.69 Å². The van der Waals surface area contributed by atoms with Crippen LogP contribution in [0.3, 0.4) is 0 Å². The van der Waals surface area contributed by atoms with Gasteiger partial charge in [-0.1, -0.05) is 0 Å². The number of nitro benzene ring substituents is 1. The van der Waals surface area contributed by atoms with Gasteiger partial charge in [0.25, 0.3) is 0 Å². The molecule has 2 N–H and O–H groups in total. The van der Waals surface area contributed by atoms with Crippen LogP contribution in [0.15, 0.2) is 12.1 Å². The molecule has 0 aliphatic carbocycles. The number of hydrogen-bond acceptors (Lipinski definition) is 5. The SMILES string of the molecule is N#Cc1cc(I)c(OCCN)c([N+](=O)[O-])c1. The van der Waals surface area contributed by atoms with E-state index in [0.717, 1.165) is 0 Å². The average molecular weight is 333 g/mol. The van der Waals surface area contributed by atoms with Crippen molar-refractivity contribution in [3.05, 3.63) is 31.4 Å². The first kappa shape index (κ1) is 12.7. The van der Waals surface area contributed by atoms with Crippen molar-refractivity contribution in [2.24, 2.45) is 5.73 Å². The van der Waals surface area contributed by atoms with Gasteiger partial charge < -0.3 is 10.5 Å². The minimum absolute atomic E-state index is 0.162. The second-order valence-corrected chi connectivity index (χ2v) is 3.97. The molecule has 0 saturated carbocycles. The van der Waals surface area contributed by atoms with E-state index in [-0.39, 0.29) is 30.2 Å². The first-order valence-electron chi connectivity index (χ1n) is 4.31. The number of rotatable bonds is 4. The van der Waals surface area contributed by atoms with Crippen molar-refractivity contribution in [3.8, 4) is 11.8 Å². The van der Waals surface area contributed by atoms with Gasteiger partial charge in [0.2, 0.25) is 5.75 Å². The number of halogens is 1. The quantitative estimate of drug-likeness (QED) is 0.510. The van der Waals surface area contributed by atoms with E-state index in [1.807, 2.05) is 28.7 Å². The van der Waals surface area contributed by atoms with Gasteiger partial charge in [-0.3, -0.25) is 10.1 Å². The average Bonchev–Trinajstić information content (AvgIpc) is 2.26. The Kier molecular flexibility index (Phi) is 4.45. The van der Waals surface area contributed by atoms with Gasteiger partial charge in [0.1, 0.15) is 6.61 Å². The molecule has 0 heterocycles. The van der Waals surface area contributed by atoms with Gasteiger partial charge in [-0.15, -0.1) is 0 Å². The maximum atomic E-state index is 10.8. The summed E-state index contributed by atoms with van der Waals surface area (Å²) >= 11 is 1.89. The summed E-state index contributed by atoms with van der Waals surface area (Å²) in [5, 5.41) is 19.5. The van der Waals surface area contributed by atoms with Gasteiger partial charge in [-0.25, -0.2) is 0 Å². The summed E-state index contributed by atoms with van der Waals surface area (Å²) in [7, 11) is 0. The molecular weight excluding hydrogens is 325 g/mol. The Morgan fingerprint density at radius 1 is 1.62 bits per heavy atom. The second-order valence-electron chi connectivity index (χ2n) is 2.81. The summed E-state index contributed by atoms with van der Waals surface area (Å²) in [5.74, 6) is 0.162. The third-order valence-corrected chi connectivity index (χ3v) is 2.52. The Morgan fingerprint density at radius 2 is 2.31 bits per heavy atom. The predicted molar refractivity (Wildman–Crippen MR) is 65.1 cm³/mol. The number of ether oxygens (including phenoxy) is 1. The molecule has 0 atom stereocenters. The molecule has 0 amide bonds. The molecule has 7 heteroatoms. The van der Waals surface area contributed by atoms with Crippen molar-refractivity contribution in [2.75, 3.05) is 13.2 Å². The van der Waals surface area contributed by atoms with Gasteiger partial charge >= 0.3 is 5.69 Å². The molecule has 0 unspecified atom stereocenters. The molecule has 0 aliphatic heterocycles. The molecule has 1 aromatic rings. The number of nitro groups is 1. The lowest BCUT2D eigenvalue weighted by Crippen LogP contribution is -2.12. The molecule has 0 aromatic heterocycles. The Balaban J connectivity index is 3.24. The zero-order valence-corrected chi connectivity index (χ0v) is 10.3. The molecule has 0 bridgehead atoms. The lowest BCUT2D eigenvalue weighted by atomic mass is 10.2. The van der Waals surface area contributed by atoms with Crippen LogP contribution >= 0.6 is 22.6 Å². The van der Waals surface area contributed by atoms with Crippen LogP contribution in [-0.2, 0) is 0 Å². The van der Waals surface area contributed by atoms with Gasteiger partial charge in [0, 0.05) is 12.6 Å². The maximum absolute atomic E-state index is 10.8. The molecule has 0 radical (unpaired) electrons. The fourth-order valence-corrected chi connectivity index (χ4v) is 1.85. The fraction of sp³-hybridized carbons (Fsp3) is 0.222. The molecule has 0 spiro atoms. The number of nitrogens with zero attached hydrogens (tertiary/aromatic N) is 2. The van der Waals surface area contributed by atoms with Crippen molar-refractivity contribution < 1.29 is 9.66 Å². The van der Waals surface area contributed by atoms with Gasteiger partial charge in [0.05, 0.1) is 20.1 Å². The van der Waals surface area contributed by atoms with E-state index >= 15 is 0 Å². The van der Waals surface area contributed by atoms with Crippen LogP contribution in [0.2, 0.25) is 0 Å². The standard InChI is InChI=1S/C9H8IN3O3/c10-7-3-6(5-12)4-8(13(14)15)9(7)16-2-1-11/h3-4H,1-2,11H2. The van der Waals surface area contributed by atoms with E-state index in [2.05, 4.69) is 0 Å². The zero-order valence-electron chi connectivity index (χ0n) is 8.14. The highest BCUT2D eigenvalue weighted by Crippen LogP contribution is 2.33. The molecule has 0 aliphatic rings. The first-order valence-corrected chi connectivity index (χ1v) is 5.39. The second kappa shape index (κ2) is 5.62. The van der Waals surface area contributed by atoms with Crippen molar-refractivity contribution >= 4 is 28.3 Å². The predicted octanol–water partition coefficient (Wildman–Crippen LogP) is 1.41. The highest BCUT2D eigenvalue weighted by atomic mass is 127. The smallest absolute Gasteiger partial charge is 0.313 e. The van der Waals surface area contributed by atoms with Crippen molar-refractivity contribution in [3.63, 3.8) is 0 Å². The molecule has 6 nitrogen and oxygen atoms in total. The number of benzene rings is 1. The van der Waals surface area contributed by atoms with E-state index in [1.165, 1.54) is 12.1 Å². The zero-order chi connectivity index (χ0) is 12.1.